The van der Waals surface area contributed by atoms with E-state index in [0.29, 0.717) is 0 Å². The molecule has 0 atom stereocenters. The molecule has 0 aliphatic heterocycles. The van der Waals surface area contributed by atoms with Gasteiger partial charge in [0.05, 0.1) is 16.6 Å². The smallest absolute Gasteiger partial charge is 0.0541 e. The number of benzene rings is 10. The Kier molecular flexibility index (Phi) is 8.19. The first-order valence-corrected chi connectivity index (χ1v) is 23.7. The van der Waals surface area contributed by atoms with E-state index in [-0.39, 0.29) is 5.41 Å². The molecule has 0 spiro atoms. The Morgan fingerprint density at radius 1 is 0.373 bits per heavy atom. The molecule has 10 aromatic carbocycles. The molecule has 12 aromatic rings. The molecular formula is C65H46N2. The zero-order chi connectivity index (χ0) is 44.4. The highest BCUT2D eigenvalue weighted by atomic mass is 15.0. The second-order valence-electron chi connectivity index (χ2n) is 19.1. The summed E-state index contributed by atoms with van der Waals surface area (Å²) < 4.78 is 4.99. The number of nitrogens with zero attached hydrogens (tertiary/aromatic N) is 2. The van der Waals surface area contributed by atoms with E-state index in [0.717, 1.165) is 18.5 Å². The van der Waals surface area contributed by atoms with Crippen LogP contribution in [0.3, 0.4) is 0 Å². The van der Waals surface area contributed by atoms with Gasteiger partial charge in [0, 0.05) is 44.2 Å². The zero-order valence-corrected chi connectivity index (χ0v) is 37.6. The highest BCUT2D eigenvalue weighted by Crippen LogP contribution is 2.51. The van der Waals surface area contributed by atoms with Crippen LogP contribution in [-0.2, 0) is 11.8 Å². The van der Waals surface area contributed by atoms with E-state index in [1.807, 2.05) is 0 Å². The average molecular weight is 855 g/mol. The zero-order valence-electron chi connectivity index (χ0n) is 37.6. The minimum Gasteiger partial charge on any atom is -0.313 e. The lowest BCUT2D eigenvalue weighted by Gasteiger charge is -2.22. The number of hydrogen-bond acceptors (Lipinski definition) is 0. The van der Waals surface area contributed by atoms with E-state index in [4.69, 9.17) is 0 Å². The monoisotopic (exact) mass is 854 g/mol. The van der Waals surface area contributed by atoms with Gasteiger partial charge in [-0.2, -0.15) is 0 Å². The number of rotatable bonds is 5. The lowest BCUT2D eigenvalue weighted by atomic mass is 9.81. The summed E-state index contributed by atoms with van der Waals surface area (Å²) in [6.07, 6.45) is 6.72. The second kappa shape index (κ2) is 14.4. The molecule has 2 aliphatic rings. The van der Waals surface area contributed by atoms with Crippen LogP contribution in [0, 0.1) is 0 Å². The minimum absolute atomic E-state index is 0.0826. The maximum absolute atomic E-state index is 2.53. The highest BCUT2D eigenvalue weighted by Gasteiger charge is 2.35. The third kappa shape index (κ3) is 5.57. The molecule has 0 radical (unpaired) electrons. The van der Waals surface area contributed by atoms with Gasteiger partial charge in [-0.1, -0.05) is 178 Å². The third-order valence-corrected chi connectivity index (χ3v) is 15.2. The van der Waals surface area contributed by atoms with Crippen molar-refractivity contribution in [3.63, 3.8) is 0 Å². The molecule has 0 saturated heterocycles. The average Bonchev–Trinajstić information content (AvgIpc) is 3.98. The fourth-order valence-electron chi connectivity index (χ4n) is 12.1. The number of fused-ring (bicyclic) bond motifs is 11. The first-order valence-electron chi connectivity index (χ1n) is 23.7. The molecule has 0 amide bonds. The molecule has 316 valence electrons. The van der Waals surface area contributed by atoms with Gasteiger partial charge in [-0.05, 0) is 145 Å². The van der Waals surface area contributed by atoms with Gasteiger partial charge in [0.1, 0.15) is 0 Å². The lowest BCUT2D eigenvalue weighted by molar-refractivity contribution is 0.660. The molecule has 0 unspecified atom stereocenters. The van der Waals surface area contributed by atoms with Gasteiger partial charge in [-0.15, -0.1) is 0 Å². The first-order chi connectivity index (χ1) is 33.0. The van der Waals surface area contributed by atoms with Crippen LogP contribution < -0.4 is 0 Å². The van der Waals surface area contributed by atoms with Crippen LogP contribution in [0.25, 0.3) is 116 Å². The maximum atomic E-state index is 2.53. The molecule has 0 bridgehead atoms. The van der Waals surface area contributed by atoms with Gasteiger partial charge in [-0.25, -0.2) is 0 Å². The van der Waals surface area contributed by atoms with Crippen LogP contribution in [0.4, 0.5) is 0 Å². The van der Waals surface area contributed by atoms with E-state index in [9.17, 15) is 0 Å². The van der Waals surface area contributed by atoms with E-state index < -0.39 is 0 Å². The van der Waals surface area contributed by atoms with Crippen LogP contribution >= 0.6 is 0 Å². The molecule has 0 N–H and O–H groups in total. The topological polar surface area (TPSA) is 9.86 Å². The first kappa shape index (κ1) is 38.1. The highest BCUT2D eigenvalue weighted by molar-refractivity contribution is 6.22. The molecule has 2 aromatic heterocycles. The number of hydrogen-bond donors (Lipinski definition) is 0. The van der Waals surface area contributed by atoms with Crippen molar-refractivity contribution in [2.75, 3.05) is 0 Å². The summed E-state index contributed by atoms with van der Waals surface area (Å²) in [5.74, 6) is 0. The van der Waals surface area contributed by atoms with Crippen LogP contribution in [0.5, 0.6) is 0 Å². The van der Waals surface area contributed by atoms with Crippen molar-refractivity contribution in [3.8, 4) is 55.9 Å². The molecule has 2 heterocycles. The van der Waals surface area contributed by atoms with Gasteiger partial charge in [0.15, 0.2) is 0 Å². The molecule has 0 fully saturated rings. The standard InChI is InChI=1S/C65H46N2/c1-65(2)57-26-11-6-21-47(57)48-34-31-43(38-58(48)65)42-19-16-20-44(37-42)64-54-36-33-45(66-59-27-12-7-22-49(59)50-23-8-13-28-60(50)66)39-55(54)63(41-17-4-3-5-18-41)53-35-32-46(40-56(53)64)67-61-29-14-9-24-51(61)52-25-10-15-30-62(52)67/h3-12,14-27,29-40H,13,28H2,1-2H3. The molecule has 0 saturated carbocycles. The van der Waals surface area contributed by atoms with E-state index in [2.05, 4.69) is 241 Å². The summed E-state index contributed by atoms with van der Waals surface area (Å²) in [7, 11) is 0. The van der Waals surface area contributed by atoms with Crippen molar-refractivity contribution in [2.45, 2.75) is 32.1 Å². The van der Waals surface area contributed by atoms with Gasteiger partial charge >= 0.3 is 0 Å². The normalized spacial score (nSPS) is 13.8. The summed E-state index contributed by atoms with van der Waals surface area (Å²) in [4.78, 5) is 0. The molecule has 14 rings (SSSR count). The summed E-state index contributed by atoms with van der Waals surface area (Å²) in [5.41, 5.74) is 21.5. The third-order valence-electron chi connectivity index (χ3n) is 15.2. The Balaban J connectivity index is 1.07. The molecule has 2 aliphatic carbocycles. The summed E-state index contributed by atoms with van der Waals surface area (Å²) >= 11 is 0. The van der Waals surface area contributed by atoms with E-state index >= 15 is 0 Å². The summed E-state index contributed by atoms with van der Waals surface area (Å²) in [6, 6.07) is 77.5. The van der Waals surface area contributed by atoms with Crippen LogP contribution in [-0.4, -0.2) is 9.13 Å². The summed E-state index contributed by atoms with van der Waals surface area (Å²) in [6.45, 7) is 4.74. The number of aromatic nitrogens is 2. The molecular weight excluding hydrogens is 809 g/mol. The van der Waals surface area contributed by atoms with Crippen molar-refractivity contribution in [1.82, 2.24) is 9.13 Å². The van der Waals surface area contributed by atoms with Crippen molar-refractivity contribution >= 4 is 60.3 Å². The van der Waals surface area contributed by atoms with E-state index in [1.165, 1.54) is 127 Å². The Morgan fingerprint density at radius 3 is 1.66 bits per heavy atom. The fourth-order valence-corrected chi connectivity index (χ4v) is 12.1. The van der Waals surface area contributed by atoms with Crippen molar-refractivity contribution in [1.29, 1.82) is 0 Å². The second-order valence-corrected chi connectivity index (χ2v) is 19.1. The summed E-state index contributed by atoms with van der Waals surface area (Å²) in [5, 5.41) is 8.79. The molecule has 2 nitrogen and oxygen atoms in total. The Bertz CT molecular complexity index is 4010. The van der Waals surface area contributed by atoms with Crippen molar-refractivity contribution in [3.05, 3.63) is 235 Å². The van der Waals surface area contributed by atoms with Crippen LogP contribution in [0.2, 0.25) is 0 Å². The van der Waals surface area contributed by atoms with Crippen molar-refractivity contribution in [2.24, 2.45) is 0 Å². The predicted octanol–water partition coefficient (Wildman–Crippen LogP) is 17.3. The van der Waals surface area contributed by atoms with Crippen molar-refractivity contribution < 1.29 is 0 Å². The quantitative estimate of drug-likeness (QED) is 0.153. The SMILES string of the molecule is CC1(C)c2ccccc2-c2ccc(-c3cccc(-c4c5ccc(-n6c7c(c8ccccc86)C=CCC7)cc5c(-c5ccccc5)c5ccc(-n6c7ccccc7c7ccccc76)cc45)c3)cc21. The Labute approximate surface area is 390 Å². The van der Waals surface area contributed by atoms with E-state index in [1.54, 1.807) is 0 Å². The van der Waals surface area contributed by atoms with Gasteiger partial charge in [0.25, 0.3) is 0 Å². The van der Waals surface area contributed by atoms with Gasteiger partial charge in [-0.3, -0.25) is 0 Å². The van der Waals surface area contributed by atoms with Crippen LogP contribution in [0.15, 0.2) is 212 Å². The van der Waals surface area contributed by atoms with Crippen LogP contribution in [0.1, 0.15) is 42.7 Å². The molecule has 67 heavy (non-hydrogen) atoms. The molecule has 2 heteroatoms. The number of allylic oxidation sites excluding steroid dienone is 1. The number of para-hydroxylation sites is 3. The lowest BCUT2D eigenvalue weighted by Crippen LogP contribution is -2.14. The minimum atomic E-state index is -0.0826. The Hall–Kier alpha value is -8.20. The van der Waals surface area contributed by atoms with Gasteiger partial charge in [0.2, 0.25) is 0 Å². The Morgan fingerprint density at radius 2 is 0.925 bits per heavy atom. The predicted molar refractivity (Wildman–Crippen MR) is 284 cm³/mol. The largest absolute Gasteiger partial charge is 0.313 e. The fraction of sp³-hybridized carbons (Fsp3) is 0.0769. The maximum Gasteiger partial charge on any atom is 0.0541 e. The van der Waals surface area contributed by atoms with Gasteiger partial charge < -0.3 is 9.13 Å².